The first-order valence-corrected chi connectivity index (χ1v) is 7.20. The molecule has 6 heteroatoms. The van der Waals surface area contributed by atoms with Crippen LogP contribution in [0.4, 0.5) is 17.6 Å². The van der Waals surface area contributed by atoms with E-state index in [1.807, 2.05) is 17.5 Å². The molecule has 1 aromatic heterocycles. The summed E-state index contributed by atoms with van der Waals surface area (Å²) in [6.07, 6.45) is -4.01. The summed E-state index contributed by atoms with van der Waals surface area (Å²) < 4.78 is 51.5. The summed E-state index contributed by atoms with van der Waals surface area (Å²) in [4.78, 5) is 0.507. The highest BCUT2D eigenvalue weighted by atomic mass is 79.9. The van der Waals surface area contributed by atoms with Crippen molar-refractivity contribution in [1.29, 1.82) is 0 Å². The third-order valence-corrected chi connectivity index (χ3v) is 4.34. The SMILES string of the molecule is Fc1ccc(C(F)(F)F)cc1C(Br)Cc1cccs1. The molecule has 0 aliphatic heterocycles. The van der Waals surface area contributed by atoms with Gasteiger partial charge < -0.3 is 0 Å². The minimum Gasteiger partial charge on any atom is -0.207 e. The zero-order valence-corrected chi connectivity index (χ0v) is 11.9. The van der Waals surface area contributed by atoms with Gasteiger partial charge in [0.25, 0.3) is 0 Å². The van der Waals surface area contributed by atoms with Crippen LogP contribution in [0.15, 0.2) is 35.7 Å². The molecule has 0 spiro atoms. The monoisotopic (exact) mass is 352 g/mol. The molecule has 1 atom stereocenters. The Hall–Kier alpha value is -0.880. The van der Waals surface area contributed by atoms with Crippen LogP contribution in [0.3, 0.4) is 0 Å². The maximum atomic E-state index is 13.6. The van der Waals surface area contributed by atoms with Crippen molar-refractivity contribution in [3.63, 3.8) is 0 Å². The number of rotatable bonds is 3. The van der Waals surface area contributed by atoms with Gasteiger partial charge in [0.15, 0.2) is 0 Å². The average molecular weight is 353 g/mol. The Morgan fingerprint density at radius 2 is 1.95 bits per heavy atom. The Morgan fingerprint density at radius 1 is 1.21 bits per heavy atom. The Kier molecular flexibility index (Phi) is 4.30. The summed E-state index contributed by atoms with van der Waals surface area (Å²) in [7, 11) is 0. The molecule has 0 bridgehead atoms. The van der Waals surface area contributed by atoms with E-state index in [1.54, 1.807) is 0 Å². The van der Waals surface area contributed by atoms with Crippen molar-refractivity contribution in [1.82, 2.24) is 0 Å². The lowest BCUT2D eigenvalue weighted by atomic mass is 10.0. The summed E-state index contributed by atoms with van der Waals surface area (Å²) in [5.41, 5.74) is -0.803. The van der Waals surface area contributed by atoms with Gasteiger partial charge >= 0.3 is 6.18 Å². The molecule has 0 nitrogen and oxygen atoms in total. The minimum atomic E-state index is -4.46. The highest BCUT2D eigenvalue weighted by Crippen LogP contribution is 2.35. The molecule has 0 saturated heterocycles. The van der Waals surface area contributed by atoms with Crippen LogP contribution >= 0.6 is 27.3 Å². The fourth-order valence-corrected chi connectivity index (χ4v) is 3.34. The van der Waals surface area contributed by atoms with Crippen molar-refractivity contribution in [2.75, 3.05) is 0 Å². The van der Waals surface area contributed by atoms with Gasteiger partial charge in [-0.25, -0.2) is 4.39 Å². The molecule has 0 aliphatic carbocycles. The molecule has 2 aromatic rings. The summed E-state index contributed by atoms with van der Waals surface area (Å²) in [6, 6.07) is 6.19. The molecular weight excluding hydrogens is 344 g/mol. The van der Waals surface area contributed by atoms with Crippen LogP contribution in [0.5, 0.6) is 0 Å². The van der Waals surface area contributed by atoms with Gasteiger partial charge in [-0.15, -0.1) is 11.3 Å². The van der Waals surface area contributed by atoms with Crippen LogP contribution in [0.25, 0.3) is 0 Å². The molecule has 0 aliphatic rings. The van der Waals surface area contributed by atoms with E-state index < -0.39 is 22.4 Å². The second kappa shape index (κ2) is 5.63. The lowest BCUT2D eigenvalue weighted by molar-refractivity contribution is -0.137. The van der Waals surface area contributed by atoms with Crippen molar-refractivity contribution in [2.24, 2.45) is 0 Å². The van der Waals surface area contributed by atoms with Gasteiger partial charge in [0.05, 0.1) is 5.56 Å². The van der Waals surface area contributed by atoms with Gasteiger partial charge in [-0.3, -0.25) is 0 Å². The van der Waals surface area contributed by atoms with Crippen molar-refractivity contribution in [2.45, 2.75) is 17.4 Å². The molecule has 0 fully saturated rings. The smallest absolute Gasteiger partial charge is 0.207 e. The number of hydrogen-bond donors (Lipinski definition) is 0. The van der Waals surface area contributed by atoms with Crippen molar-refractivity contribution in [3.05, 3.63) is 57.5 Å². The van der Waals surface area contributed by atoms with E-state index in [0.717, 1.165) is 23.1 Å². The van der Waals surface area contributed by atoms with E-state index >= 15 is 0 Å². The molecule has 2 rings (SSSR count). The number of alkyl halides is 4. The first kappa shape index (κ1) is 14.5. The second-order valence-corrected chi connectivity index (χ2v) is 6.12. The Balaban J connectivity index is 2.28. The van der Waals surface area contributed by atoms with Gasteiger partial charge in [-0.1, -0.05) is 22.0 Å². The van der Waals surface area contributed by atoms with Crippen molar-refractivity contribution >= 4 is 27.3 Å². The van der Waals surface area contributed by atoms with Crippen LogP contribution in [-0.2, 0) is 12.6 Å². The third kappa shape index (κ3) is 3.57. The minimum absolute atomic E-state index is 0.0308. The van der Waals surface area contributed by atoms with Gasteiger partial charge in [-0.2, -0.15) is 13.2 Å². The van der Waals surface area contributed by atoms with E-state index in [-0.39, 0.29) is 5.56 Å². The van der Waals surface area contributed by atoms with Gasteiger partial charge in [0.2, 0.25) is 0 Å². The average Bonchev–Trinajstić information content (AvgIpc) is 2.80. The summed E-state index contributed by atoms with van der Waals surface area (Å²) in [6.45, 7) is 0. The van der Waals surface area contributed by atoms with E-state index in [0.29, 0.717) is 6.42 Å². The molecule has 1 unspecified atom stereocenters. The number of benzene rings is 1. The Morgan fingerprint density at radius 3 is 2.53 bits per heavy atom. The molecule has 0 amide bonds. The number of thiophene rings is 1. The zero-order chi connectivity index (χ0) is 14.0. The Labute approximate surface area is 120 Å². The van der Waals surface area contributed by atoms with E-state index in [1.165, 1.54) is 11.3 Å². The van der Waals surface area contributed by atoms with Crippen LogP contribution in [0.2, 0.25) is 0 Å². The predicted octanol–water partition coefficient (Wildman–Crippen LogP) is 5.58. The van der Waals surface area contributed by atoms with E-state index in [4.69, 9.17) is 0 Å². The van der Waals surface area contributed by atoms with Crippen molar-refractivity contribution < 1.29 is 17.6 Å². The highest BCUT2D eigenvalue weighted by molar-refractivity contribution is 9.09. The normalized spacial score (nSPS) is 13.5. The predicted molar refractivity (Wildman–Crippen MR) is 71.1 cm³/mol. The fourth-order valence-electron chi connectivity index (χ4n) is 1.68. The van der Waals surface area contributed by atoms with Gasteiger partial charge in [0, 0.05) is 15.3 Å². The second-order valence-electron chi connectivity index (χ2n) is 3.99. The molecule has 0 radical (unpaired) electrons. The van der Waals surface area contributed by atoms with Gasteiger partial charge in [-0.05, 0) is 36.1 Å². The first-order valence-electron chi connectivity index (χ1n) is 5.41. The molecular formula is C13H9BrF4S. The molecule has 0 saturated carbocycles. The van der Waals surface area contributed by atoms with Gasteiger partial charge in [0.1, 0.15) is 5.82 Å². The highest BCUT2D eigenvalue weighted by Gasteiger charge is 2.31. The number of halogens is 5. The Bertz CT molecular complexity index is 548. The van der Waals surface area contributed by atoms with Crippen LogP contribution in [0.1, 0.15) is 20.8 Å². The summed E-state index contributed by atoms with van der Waals surface area (Å²) >= 11 is 4.75. The first-order chi connectivity index (χ1) is 8.88. The molecule has 1 aromatic carbocycles. The van der Waals surface area contributed by atoms with Crippen LogP contribution in [-0.4, -0.2) is 0 Å². The third-order valence-electron chi connectivity index (χ3n) is 2.62. The lowest BCUT2D eigenvalue weighted by Crippen LogP contribution is -2.07. The largest absolute Gasteiger partial charge is 0.416 e. The topological polar surface area (TPSA) is 0 Å². The lowest BCUT2D eigenvalue weighted by Gasteiger charge is -2.13. The standard InChI is InChI=1S/C13H9BrF4S/c14-11(7-9-2-1-5-19-9)10-6-8(13(16,17)18)3-4-12(10)15/h1-6,11H,7H2. The maximum Gasteiger partial charge on any atom is 0.416 e. The summed E-state index contributed by atoms with van der Waals surface area (Å²) in [5, 5.41) is 1.87. The molecule has 1 heterocycles. The van der Waals surface area contributed by atoms with E-state index in [2.05, 4.69) is 15.9 Å². The summed E-state index contributed by atoms with van der Waals surface area (Å²) in [5.74, 6) is -0.633. The fraction of sp³-hybridized carbons (Fsp3) is 0.231. The number of hydrogen-bond acceptors (Lipinski definition) is 1. The molecule has 0 N–H and O–H groups in total. The van der Waals surface area contributed by atoms with Crippen LogP contribution < -0.4 is 0 Å². The maximum absolute atomic E-state index is 13.6. The van der Waals surface area contributed by atoms with Crippen LogP contribution in [0, 0.1) is 5.82 Å². The zero-order valence-electron chi connectivity index (χ0n) is 9.55. The molecule has 19 heavy (non-hydrogen) atoms. The molecule has 102 valence electrons. The van der Waals surface area contributed by atoms with Crippen molar-refractivity contribution in [3.8, 4) is 0 Å². The van der Waals surface area contributed by atoms with E-state index in [9.17, 15) is 17.6 Å². The quantitative estimate of drug-likeness (QED) is 0.499.